The lowest BCUT2D eigenvalue weighted by Gasteiger charge is -2.43. The number of hydrogen-bond acceptors (Lipinski definition) is 1. The van der Waals surface area contributed by atoms with Crippen molar-refractivity contribution in [3.63, 3.8) is 0 Å². The van der Waals surface area contributed by atoms with Crippen molar-refractivity contribution in [3.8, 4) is 0 Å². The van der Waals surface area contributed by atoms with Gasteiger partial charge in [-0.15, -0.1) is 0 Å². The van der Waals surface area contributed by atoms with E-state index < -0.39 is 5.60 Å². The zero-order valence-electron chi connectivity index (χ0n) is 11.6. The molecule has 1 saturated carbocycles. The Morgan fingerprint density at radius 1 is 1.31 bits per heavy atom. The maximum atomic E-state index is 10.1. The van der Waals surface area contributed by atoms with Crippen molar-refractivity contribution >= 4 is 0 Å². The van der Waals surface area contributed by atoms with E-state index in [2.05, 4.69) is 27.4 Å². The molecule has 0 radical (unpaired) electrons. The fourth-order valence-electron chi connectivity index (χ4n) is 3.20. The largest absolute Gasteiger partial charge is 0.390 e. The van der Waals surface area contributed by atoms with Gasteiger partial charge in [0.25, 0.3) is 0 Å². The van der Waals surface area contributed by atoms with Gasteiger partial charge in [0.1, 0.15) is 0 Å². The first-order valence-electron chi connectivity index (χ1n) is 6.61. The predicted molar refractivity (Wildman–Crippen MR) is 70.3 cm³/mol. The predicted octanol–water partition coefficient (Wildman–Crippen LogP) is 4.02. The molecule has 16 heavy (non-hydrogen) atoms. The van der Waals surface area contributed by atoms with E-state index in [0.717, 1.165) is 24.7 Å². The van der Waals surface area contributed by atoms with Crippen LogP contribution in [0, 0.1) is 23.7 Å². The topological polar surface area (TPSA) is 20.2 Å². The highest BCUT2D eigenvalue weighted by atomic mass is 16.3. The van der Waals surface area contributed by atoms with E-state index >= 15 is 0 Å². The van der Waals surface area contributed by atoms with Gasteiger partial charge in [-0.2, -0.15) is 0 Å². The highest BCUT2D eigenvalue weighted by Crippen LogP contribution is 2.44. The molecule has 0 aromatic heterocycles. The molecule has 0 aliphatic heterocycles. The smallest absolute Gasteiger partial charge is 0.0620 e. The van der Waals surface area contributed by atoms with E-state index in [4.69, 9.17) is 0 Å². The van der Waals surface area contributed by atoms with Crippen LogP contribution in [0.2, 0.25) is 0 Å². The van der Waals surface area contributed by atoms with Crippen molar-refractivity contribution in [2.45, 2.75) is 59.5 Å². The molecule has 0 heterocycles. The molecule has 1 heteroatoms. The van der Waals surface area contributed by atoms with Gasteiger partial charge in [-0.1, -0.05) is 26.0 Å². The van der Waals surface area contributed by atoms with Crippen molar-refractivity contribution in [2.75, 3.05) is 0 Å². The zero-order valence-corrected chi connectivity index (χ0v) is 11.6. The first-order chi connectivity index (χ1) is 7.23. The molecule has 1 nitrogen and oxygen atoms in total. The summed E-state index contributed by atoms with van der Waals surface area (Å²) in [6, 6.07) is 0. The first kappa shape index (κ1) is 13.8. The van der Waals surface area contributed by atoms with Crippen LogP contribution in [0.5, 0.6) is 0 Å². The Bertz CT molecular complexity index is 247. The Labute approximate surface area is 101 Å². The Morgan fingerprint density at radius 3 is 2.25 bits per heavy atom. The summed E-state index contributed by atoms with van der Waals surface area (Å²) in [5.74, 6) is 2.52. The summed E-state index contributed by atoms with van der Waals surface area (Å²) in [5.41, 5.74) is 0.767. The van der Waals surface area contributed by atoms with E-state index in [1.54, 1.807) is 0 Å². The fourth-order valence-corrected chi connectivity index (χ4v) is 3.20. The van der Waals surface area contributed by atoms with Gasteiger partial charge in [0.05, 0.1) is 5.60 Å². The molecule has 0 aromatic carbocycles. The molecule has 1 fully saturated rings. The zero-order chi connectivity index (χ0) is 12.5. The lowest BCUT2D eigenvalue weighted by molar-refractivity contribution is -0.0208. The number of allylic oxidation sites excluding steroid dienone is 1. The normalized spacial score (nSPS) is 31.8. The minimum absolute atomic E-state index is 0.434. The third kappa shape index (κ3) is 3.10. The molecule has 0 bridgehead atoms. The maximum Gasteiger partial charge on any atom is 0.0620 e. The van der Waals surface area contributed by atoms with Gasteiger partial charge in [0, 0.05) is 0 Å². The molecule has 94 valence electrons. The maximum absolute atomic E-state index is 10.1. The van der Waals surface area contributed by atoms with Crippen LogP contribution in [0.15, 0.2) is 12.2 Å². The van der Waals surface area contributed by atoms with Gasteiger partial charge < -0.3 is 5.11 Å². The Morgan fingerprint density at radius 2 is 1.88 bits per heavy atom. The summed E-state index contributed by atoms with van der Waals surface area (Å²) >= 11 is 0. The molecular weight excluding hydrogens is 196 g/mol. The molecule has 1 N–H and O–H groups in total. The first-order valence-corrected chi connectivity index (χ1v) is 6.61. The van der Waals surface area contributed by atoms with Crippen LogP contribution in [-0.4, -0.2) is 10.7 Å². The Hall–Kier alpha value is -0.300. The molecule has 1 aliphatic rings. The summed E-state index contributed by atoms with van der Waals surface area (Å²) < 4.78 is 0. The second-order valence-electron chi connectivity index (χ2n) is 6.52. The lowest BCUT2D eigenvalue weighted by atomic mass is 9.64. The van der Waals surface area contributed by atoms with Gasteiger partial charge in [-0.25, -0.2) is 0 Å². The van der Waals surface area contributed by atoms with E-state index in [-0.39, 0.29) is 0 Å². The number of hydrogen-bond donors (Lipinski definition) is 1. The average Bonchev–Trinajstić information content (AvgIpc) is 2.15. The van der Waals surface area contributed by atoms with E-state index in [1.165, 1.54) is 12.0 Å². The van der Waals surface area contributed by atoms with Gasteiger partial charge >= 0.3 is 0 Å². The molecule has 0 saturated heterocycles. The summed E-state index contributed by atoms with van der Waals surface area (Å²) in [6.45, 7) is 14.8. The Kier molecular flexibility index (Phi) is 4.23. The molecular formula is C15H28O. The van der Waals surface area contributed by atoms with Gasteiger partial charge in [0.2, 0.25) is 0 Å². The van der Waals surface area contributed by atoms with Gasteiger partial charge in [-0.05, 0) is 63.7 Å². The van der Waals surface area contributed by atoms with E-state index in [9.17, 15) is 5.11 Å². The third-order valence-corrected chi connectivity index (χ3v) is 4.39. The van der Waals surface area contributed by atoms with Crippen LogP contribution in [0.4, 0.5) is 0 Å². The van der Waals surface area contributed by atoms with Crippen LogP contribution in [0.1, 0.15) is 53.9 Å². The highest BCUT2D eigenvalue weighted by molar-refractivity contribution is 5.03. The van der Waals surface area contributed by atoms with Crippen molar-refractivity contribution in [2.24, 2.45) is 23.7 Å². The summed E-state index contributed by atoms with van der Waals surface area (Å²) in [7, 11) is 0. The summed E-state index contributed by atoms with van der Waals surface area (Å²) in [5, 5.41) is 10.1. The molecule has 0 spiro atoms. The lowest BCUT2D eigenvalue weighted by Crippen LogP contribution is -2.39. The van der Waals surface area contributed by atoms with Gasteiger partial charge in [-0.3, -0.25) is 0 Å². The van der Waals surface area contributed by atoms with Gasteiger partial charge in [0.15, 0.2) is 0 Å². The van der Waals surface area contributed by atoms with Crippen molar-refractivity contribution < 1.29 is 5.11 Å². The monoisotopic (exact) mass is 224 g/mol. The second kappa shape index (κ2) is 4.91. The molecule has 3 unspecified atom stereocenters. The van der Waals surface area contributed by atoms with Crippen molar-refractivity contribution in [1.29, 1.82) is 0 Å². The summed E-state index contributed by atoms with van der Waals surface area (Å²) in [6.07, 6.45) is 3.52. The van der Waals surface area contributed by atoms with E-state index in [1.807, 2.05) is 13.8 Å². The minimum Gasteiger partial charge on any atom is -0.390 e. The number of rotatable bonds is 3. The molecule has 1 aliphatic carbocycles. The van der Waals surface area contributed by atoms with Crippen LogP contribution in [0.25, 0.3) is 0 Å². The van der Waals surface area contributed by atoms with Crippen LogP contribution >= 0.6 is 0 Å². The molecule has 0 amide bonds. The highest BCUT2D eigenvalue weighted by Gasteiger charge is 2.38. The van der Waals surface area contributed by atoms with E-state index in [0.29, 0.717) is 11.8 Å². The Balaban J connectivity index is 2.77. The van der Waals surface area contributed by atoms with Crippen LogP contribution in [-0.2, 0) is 0 Å². The average molecular weight is 224 g/mol. The van der Waals surface area contributed by atoms with Crippen molar-refractivity contribution in [1.82, 2.24) is 0 Å². The minimum atomic E-state index is -0.532. The van der Waals surface area contributed by atoms with Crippen LogP contribution in [0.3, 0.4) is 0 Å². The third-order valence-electron chi connectivity index (χ3n) is 4.39. The molecule has 0 aromatic rings. The number of aliphatic hydroxyl groups is 1. The second-order valence-corrected chi connectivity index (χ2v) is 6.52. The summed E-state index contributed by atoms with van der Waals surface area (Å²) in [4.78, 5) is 0. The quantitative estimate of drug-likeness (QED) is 0.718. The van der Waals surface area contributed by atoms with Crippen LogP contribution < -0.4 is 0 Å². The fraction of sp³-hybridized carbons (Fsp3) is 0.867. The standard InChI is InChI=1S/C15H28O/c1-10(2)13-8-7-12(15(5,6)16)9-14(13)11(3)4/h10,12-14,16H,3,7-9H2,1-2,4-6H3. The van der Waals surface area contributed by atoms with Crippen molar-refractivity contribution in [3.05, 3.63) is 12.2 Å². The molecule has 3 atom stereocenters. The SMILES string of the molecule is C=C(C)C1CC(C(C)(C)O)CCC1C(C)C. The molecule has 1 rings (SSSR count).